The first kappa shape index (κ1) is 20.5. The van der Waals surface area contributed by atoms with Gasteiger partial charge in [0.05, 0.1) is 30.8 Å². The summed E-state index contributed by atoms with van der Waals surface area (Å²) in [6, 6.07) is 10.7. The third-order valence-electron chi connectivity index (χ3n) is 7.11. The Labute approximate surface area is 184 Å². The van der Waals surface area contributed by atoms with Crippen LogP contribution in [0, 0.1) is 5.92 Å². The first-order valence-electron chi connectivity index (χ1n) is 11.6. The van der Waals surface area contributed by atoms with Gasteiger partial charge in [-0.2, -0.15) is 0 Å². The number of fused-ring (bicyclic) bond motifs is 1. The fourth-order valence-corrected chi connectivity index (χ4v) is 5.19. The number of benzene rings is 1. The minimum absolute atomic E-state index is 0.312. The Morgan fingerprint density at radius 3 is 2.45 bits per heavy atom. The number of nitrogens with zero attached hydrogens (tertiary/aromatic N) is 2. The van der Waals surface area contributed by atoms with Crippen LogP contribution >= 0.6 is 0 Å². The zero-order valence-electron chi connectivity index (χ0n) is 18.2. The number of pyridine rings is 1. The number of hydrogen-bond acceptors (Lipinski definition) is 4. The van der Waals surface area contributed by atoms with Crippen LogP contribution in [0.3, 0.4) is 0 Å². The molecule has 1 unspecified atom stereocenters. The van der Waals surface area contributed by atoms with Gasteiger partial charge < -0.3 is 19.0 Å². The molecule has 31 heavy (non-hydrogen) atoms. The SMILES string of the molecule is COCCOc1ccc(C2CCC(C(O)c3c(C4CC4)ccn4cncc34)CC2)cc1. The summed E-state index contributed by atoms with van der Waals surface area (Å²) in [7, 11) is 1.68. The minimum atomic E-state index is -0.409. The number of rotatable bonds is 8. The van der Waals surface area contributed by atoms with Crippen molar-refractivity contribution in [2.45, 2.75) is 56.5 Å². The van der Waals surface area contributed by atoms with Gasteiger partial charge in [-0.1, -0.05) is 12.1 Å². The molecule has 0 aliphatic heterocycles. The molecule has 1 atom stereocenters. The van der Waals surface area contributed by atoms with E-state index in [1.54, 1.807) is 7.11 Å². The van der Waals surface area contributed by atoms with Crippen molar-refractivity contribution in [2.75, 3.05) is 20.3 Å². The highest BCUT2D eigenvalue weighted by molar-refractivity contribution is 5.59. The summed E-state index contributed by atoms with van der Waals surface area (Å²) in [4.78, 5) is 4.33. The number of aliphatic hydroxyl groups excluding tert-OH is 1. The zero-order valence-corrected chi connectivity index (χ0v) is 18.2. The monoisotopic (exact) mass is 420 g/mol. The van der Waals surface area contributed by atoms with E-state index in [1.807, 2.05) is 16.9 Å². The molecule has 0 bridgehead atoms. The van der Waals surface area contributed by atoms with Crippen LogP contribution in [-0.4, -0.2) is 34.8 Å². The van der Waals surface area contributed by atoms with E-state index >= 15 is 0 Å². The molecular weight excluding hydrogens is 388 g/mol. The first-order chi connectivity index (χ1) is 15.2. The van der Waals surface area contributed by atoms with E-state index in [-0.39, 0.29) is 0 Å². The molecule has 0 saturated heterocycles. The molecule has 2 aliphatic rings. The Morgan fingerprint density at radius 2 is 1.74 bits per heavy atom. The number of ether oxygens (including phenoxy) is 2. The molecular formula is C26H32N2O3. The first-order valence-corrected chi connectivity index (χ1v) is 11.6. The second kappa shape index (κ2) is 9.01. The van der Waals surface area contributed by atoms with Gasteiger partial charge >= 0.3 is 0 Å². The Morgan fingerprint density at radius 1 is 1.00 bits per heavy atom. The lowest BCUT2D eigenvalue weighted by molar-refractivity contribution is 0.0810. The smallest absolute Gasteiger partial charge is 0.119 e. The normalized spacial score (nSPS) is 22.5. The van der Waals surface area contributed by atoms with Gasteiger partial charge in [0.2, 0.25) is 0 Å². The lowest BCUT2D eigenvalue weighted by atomic mass is 9.75. The van der Waals surface area contributed by atoms with Gasteiger partial charge in [-0.15, -0.1) is 0 Å². The van der Waals surface area contributed by atoms with Crippen LogP contribution in [0.15, 0.2) is 49.1 Å². The predicted octanol–water partition coefficient (Wildman–Crippen LogP) is 5.24. The van der Waals surface area contributed by atoms with E-state index < -0.39 is 6.10 Å². The highest BCUT2D eigenvalue weighted by Crippen LogP contribution is 2.48. The second-order valence-electron chi connectivity index (χ2n) is 9.11. The summed E-state index contributed by atoms with van der Waals surface area (Å²) in [5.74, 6) is 2.38. The molecule has 2 saturated carbocycles. The van der Waals surface area contributed by atoms with Crippen LogP contribution in [0.1, 0.15) is 73.2 Å². The van der Waals surface area contributed by atoms with Crippen LogP contribution in [0.5, 0.6) is 5.75 Å². The average Bonchev–Trinajstić information content (AvgIpc) is 3.55. The molecule has 1 N–H and O–H groups in total. The van der Waals surface area contributed by atoms with E-state index in [4.69, 9.17) is 9.47 Å². The molecule has 2 heterocycles. The second-order valence-corrected chi connectivity index (χ2v) is 9.11. The Bertz CT molecular complexity index is 1000. The van der Waals surface area contributed by atoms with Crippen molar-refractivity contribution in [3.8, 4) is 5.75 Å². The third kappa shape index (κ3) is 4.35. The van der Waals surface area contributed by atoms with Gasteiger partial charge in [0.25, 0.3) is 0 Å². The lowest BCUT2D eigenvalue weighted by Crippen LogP contribution is -2.21. The highest BCUT2D eigenvalue weighted by atomic mass is 16.5. The molecule has 5 rings (SSSR count). The molecule has 5 heteroatoms. The number of hydrogen-bond donors (Lipinski definition) is 1. The van der Waals surface area contributed by atoms with E-state index in [9.17, 15) is 5.11 Å². The van der Waals surface area contributed by atoms with Crippen molar-refractivity contribution in [3.05, 3.63) is 65.7 Å². The van der Waals surface area contributed by atoms with Gasteiger partial charge in [-0.3, -0.25) is 0 Å². The summed E-state index contributed by atoms with van der Waals surface area (Å²) in [5, 5.41) is 11.4. The Balaban J connectivity index is 1.25. The van der Waals surface area contributed by atoms with Gasteiger partial charge in [0, 0.05) is 18.9 Å². The summed E-state index contributed by atoms with van der Waals surface area (Å²) in [5.41, 5.74) is 4.92. The molecule has 0 amide bonds. The van der Waals surface area contributed by atoms with Gasteiger partial charge in [0.15, 0.2) is 0 Å². The maximum absolute atomic E-state index is 11.4. The molecule has 2 fully saturated rings. The van der Waals surface area contributed by atoms with E-state index in [2.05, 4.69) is 41.5 Å². The van der Waals surface area contributed by atoms with Crippen molar-refractivity contribution in [1.29, 1.82) is 0 Å². The topological polar surface area (TPSA) is 56.0 Å². The summed E-state index contributed by atoms with van der Waals surface area (Å²) >= 11 is 0. The molecule has 2 aromatic heterocycles. The third-order valence-corrected chi connectivity index (χ3v) is 7.11. The standard InChI is InChI=1S/C26H32N2O3/c1-30-14-15-31-22-10-8-19(9-11-22)18-2-6-21(7-3-18)26(29)25-23(20-4-5-20)12-13-28-17-27-16-24(25)28/h8-13,16-18,20-21,26,29H,2-7,14-15H2,1H3. The van der Waals surface area contributed by atoms with Crippen molar-refractivity contribution in [2.24, 2.45) is 5.92 Å². The predicted molar refractivity (Wildman–Crippen MR) is 121 cm³/mol. The van der Waals surface area contributed by atoms with Crippen LogP contribution in [-0.2, 0) is 4.74 Å². The summed E-state index contributed by atoms with van der Waals surface area (Å²) < 4.78 is 12.8. The number of aliphatic hydroxyl groups is 1. The molecule has 164 valence electrons. The minimum Gasteiger partial charge on any atom is -0.491 e. The number of methoxy groups -OCH3 is 1. The molecule has 3 aromatic rings. The molecule has 5 nitrogen and oxygen atoms in total. The van der Waals surface area contributed by atoms with Crippen molar-refractivity contribution >= 4 is 5.52 Å². The quantitative estimate of drug-likeness (QED) is 0.506. The van der Waals surface area contributed by atoms with Crippen molar-refractivity contribution in [3.63, 3.8) is 0 Å². The van der Waals surface area contributed by atoms with E-state index in [1.165, 1.54) is 24.0 Å². The van der Waals surface area contributed by atoms with Crippen molar-refractivity contribution < 1.29 is 14.6 Å². The number of aromatic nitrogens is 2. The fraction of sp³-hybridized carbons (Fsp3) is 0.500. The lowest BCUT2D eigenvalue weighted by Gasteiger charge is -2.33. The zero-order chi connectivity index (χ0) is 21.2. The van der Waals surface area contributed by atoms with Crippen LogP contribution < -0.4 is 4.74 Å². The van der Waals surface area contributed by atoms with Crippen molar-refractivity contribution in [1.82, 2.24) is 9.38 Å². The maximum atomic E-state index is 11.4. The molecule has 0 radical (unpaired) electrons. The van der Waals surface area contributed by atoms with Gasteiger partial charge in [-0.25, -0.2) is 4.98 Å². The summed E-state index contributed by atoms with van der Waals surface area (Å²) in [6.07, 6.45) is 12.2. The van der Waals surface area contributed by atoms with Gasteiger partial charge in [0.1, 0.15) is 12.4 Å². The molecule has 2 aliphatic carbocycles. The van der Waals surface area contributed by atoms with Crippen LogP contribution in [0.25, 0.3) is 5.52 Å². The Kier molecular flexibility index (Phi) is 5.97. The summed E-state index contributed by atoms with van der Waals surface area (Å²) in [6.45, 7) is 1.18. The average molecular weight is 421 g/mol. The maximum Gasteiger partial charge on any atom is 0.119 e. The number of imidazole rings is 1. The Hall–Kier alpha value is -2.37. The van der Waals surface area contributed by atoms with Crippen LogP contribution in [0.2, 0.25) is 0 Å². The van der Waals surface area contributed by atoms with Gasteiger partial charge in [-0.05, 0) is 85.6 Å². The highest BCUT2D eigenvalue weighted by Gasteiger charge is 2.34. The molecule has 0 spiro atoms. The van der Waals surface area contributed by atoms with E-state index in [0.717, 1.165) is 42.5 Å². The fourth-order valence-electron chi connectivity index (χ4n) is 5.19. The van der Waals surface area contributed by atoms with E-state index in [0.29, 0.717) is 31.0 Å². The molecule has 1 aromatic carbocycles. The van der Waals surface area contributed by atoms with Crippen LogP contribution in [0.4, 0.5) is 0 Å². The largest absolute Gasteiger partial charge is 0.491 e.